The number of carbonyl (C=O) groups is 1. The van der Waals surface area contributed by atoms with Gasteiger partial charge < -0.3 is 0 Å². The summed E-state index contributed by atoms with van der Waals surface area (Å²) in [5, 5.41) is 4.83. The van der Waals surface area contributed by atoms with E-state index in [-0.39, 0.29) is 34.1 Å². The average molecular weight is 657 g/mol. The van der Waals surface area contributed by atoms with Gasteiger partial charge in [-0.3, -0.25) is 9.69 Å². The van der Waals surface area contributed by atoms with Crippen LogP contribution in [0.2, 0.25) is 0 Å². The highest BCUT2D eigenvalue weighted by Gasteiger charge is 2.42. The predicted octanol–water partition coefficient (Wildman–Crippen LogP) is 4.59. The second-order valence-corrected chi connectivity index (χ2v) is 17.5. The number of carbonyl (C=O) groups excluding carboxylic acids is 1. The van der Waals surface area contributed by atoms with Crippen LogP contribution < -0.4 is 0 Å². The molecule has 226 valence electrons. The molecule has 0 radical (unpaired) electrons. The summed E-state index contributed by atoms with van der Waals surface area (Å²) >= 11 is 6.64. The molecule has 3 aromatic rings. The van der Waals surface area contributed by atoms with Crippen molar-refractivity contribution in [2.24, 2.45) is 11.8 Å². The Hall–Kier alpha value is -2.84. The maximum absolute atomic E-state index is 13.7. The number of hydrogen-bond donors (Lipinski definition) is 0. The molecular formula is C30H32N4O5S4. The van der Waals surface area contributed by atoms with Crippen molar-refractivity contribution in [2.45, 2.75) is 37.6 Å². The van der Waals surface area contributed by atoms with Crippen molar-refractivity contribution < 1.29 is 21.6 Å². The summed E-state index contributed by atoms with van der Waals surface area (Å²) in [6.07, 6.45) is 4.86. The largest absolute Gasteiger partial charge is 0.289 e. The van der Waals surface area contributed by atoms with Gasteiger partial charge in [-0.2, -0.15) is 9.40 Å². The molecular weight excluding hydrogens is 625 g/mol. The number of rotatable bonds is 6. The molecule has 6 rings (SSSR count). The van der Waals surface area contributed by atoms with Crippen molar-refractivity contribution in [1.29, 1.82) is 0 Å². The molecule has 2 aromatic carbocycles. The summed E-state index contributed by atoms with van der Waals surface area (Å²) in [7, 11) is -6.93. The lowest BCUT2D eigenvalue weighted by Crippen LogP contribution is -2.42. The summed E-state index contributed by atoms with van der Waals surface area (Å²) in [5.74, 6) is 0.159. The molecule has 0 saturated carbocycles. The van der Waals surface area contributed by atoms with E-state index in [2.05, 4.69) is 13.8 Å². The van der Waals surface area contributed by atoms with Crippen molar-refractivity contribution in [3.63, 3.8) is 0 Å². The van der Waals surface area contributed by atoms with E-state index in [4.69, 9.17) is 17.3 Å². The van der Waals surface area contributed by atoms with Crippen LogP contribution in [0.3, 0.4) is 0 Å². The van der Waals surface area contributed by atoms with Crippen LogP contribution in [0.5, 0.6) is 0 Å². The first-order chi connectivity index (χ1) is 20.4. The Morgan fingerprint density at radius 3 is 2.44 bits per heavy atom. The maximum atomic E-state index is 13.7. The lowest BCUT2D eigenvalue weighted by atomic mass is 9.94. The highest BCUT2D eigenvalue weighted by molar-refractivity contribution is 8.26. The minimum atomic E-state index is -3.73. The molecule has 0 aliphatic carbocycles. The standard InChI is InChI=1S/C30H32N4O5S4/c1-20-13-21(2)17-32(16-20)43(38,39)26-10-6-7-22(14-26)28-23(18-33(31-28)24-8-4-3-5-9-24)15-27-29(35)34(30(40)41-27)25-11-12-42(36,37)19-25/h3-10,14-15,18,20-21,25H,11-13,16-17,19H2,1-2H3/b27-15-. The smallest absolute Gasteiger partial charge is 0.266 e. The Bertz CT molecular complexity index is 1830. The number of hydrogen-bond acceptors (Lipinski definition) is 8. The third-order valence-corrected chi connectivity index (χ3v) is 12.9. The van der Waals surface area contributed by atoms with Crippen LogP contribution in [0.25, 0.3) is 23.0 Å². The number of amides is 1. The van der Waals surface area contributed by atoms with Gasteiger partial charge >= 0.3 is 0 Å². The van der Waals surface area contributed by atoms with Gasteiger partial charge in [0.05, 0.1) is 33.0 Å². The Balaban J connectivity index is 1.39. The molecule has 13 heteroatoms. The predicted molar refractivity (Wildman–Crippen MR) is 173 cm³/mol. The molecule has 1 aromatic heterocycles. The fourth-order valence-corrected chi connectivity index (χ4v) is 10.9. The van der Waals surface area contributed by atoms with Gasteiger partial charge in [0.2, 0.25) is 10.0 Å². The van der Waals surface area contributed by atoms with E-state index < -0.39 is 25.9 Å². The van der Waals surface area contributed by atoms with Crippen LogP contribution in [0.15, 0.2) is 70.6 Å². The van der Waals surface area contributed by atoms with Gasteiger partial charge in [-0.15, -0.1) is 0 Å². The minimum Gasteiger partial charge on any atom is -0.289 e. The molecule has 0 spiro atoms. The van der Waals surface area contributed by atoms with Crippen LogP contribution >= 0.6 is 24.0 Å². The first kappa shape index (κ1) is 30.2. The number of aromatic nitrogens is 2. The molecule has 3 atom stereocenters. The zero-order valence-electron chi connectivity index (χ0n) is 23.8. The highest BCUT2D eigenvalue weighted by atomic mass is 32.2. The summed E-state index contributed by atoms with van der Waals surface area (Å²) in [5.41, 5.74) is 2.51. The Labute approximate surface area is 261 Å². The Morgan fingerprint density at radius 2 is 1.77 bits per heavy atom. The van der Waals surface area contributed by atoms with E-state index in [1.807, 2.05) is 36.4 Å². The summed E-state index contributed by atoms with van der Waals surface area (Å²) in [6.45, 7) is 5.11. The first-order valence-electron chi connectivity index (χ1n) is 14.1. The third kappa shape index (κ3) is 6.10. The van der Waals surface area contributed by atoms with Crippen molar-refractivity contribution >= 4 is 60.1 Å². The van der Waals surface area contributed by atoms with E-state index in [1.54, 1.807) is 39.5 Å². The lowest BCUT2D eigenvalue weighted by Gasteiger charge is -2.34. The van der Waals surface area contributed by atoms with Crippen LogP contribution in [-0.2, 0) is 24.7 Å². The second kappa shape index (κ2) is 11.6. The van der Waals surface area contributed by atoms with Crippen LogP contribution in [-0.4, -0.2) is 76.7 Å². The first-order valence-corrected chi connectivity index (χ1v) is 18.6. The molecule has 3 saturated heterocycles. The van der Waals surface area contributed by atoms with Gasteiger partial charge in [0.25, 0.3) is 5.91 Å². The zero-order chi connectivity index (χ0) is 30.5. The van der Waals surface area contributed by atoms with Crippen molar-refractivity contribution in [3.8, 4) is 16.9 Å². The third-order valence-electron chi connectivity index (χ3n) is 8.03. The molecule has 43 heavy (non-hydrogen) atoms. The second-order valence-electron chi connectivity index (χ2n) is 11.6. The van der Waals surface area contributed by atoms with Gasteiger partial charge in [-0.1, -0.05) is 68.2 Å². The monoisotopic (exact) mass is 656 g/mol. The molecule has 9 nitrogen and oxygen atoms in total. The van der Waals surface area contributed by atoms with Crippen molar-refractivity contribution in [1.82, 2.24) is 19.0 Å². The van der Waals surface area contributed by atoms with E-state index >= 15 is 0 Å². The maximum Gasteiger partial charge on any atom is 0.266 e. The van der Waals surface area contributed by atoms with Crippen molar-refractivity contribution in [3.05, 3.63) is 71.3 Å². The number of sulfonamides is 1. The zero-order valence-corrected chi connectivity index (χ0v) is 27.1. The van der Waals surface area contributed by atoms with Crippen LogP contribution in [0.1, 0.15) is 32.3 Å². The molecule has 3 aliphatic rings. The fraction of sp³-hybridized carbons (Fsp3) is 0.367. The van der Waals surface area contributed by atoms with E-state index in [0.717, 1.165) is 23.9 Å². The quantitative estimate of drug-likeness (QED) is 0.280. The van der Waals surface area contributed by atoms with Gasteiger partial charge in [-0.05, 0) is 55.0 Å². The number of para-hydroxylation sites is 1. The summed E-state index contributed by atoms with van der Waals surface area (Å²) < 4.78 is 55.2. The number of piperidine rings is 1. The van der Waals surface area contributed by atoms with Gasteiger partial charge in [0, 0.05) is 30.4 Å². The topological polar surface area (TPSA) is 110 Å². The molecule has 3 unspecified atom stereocenters. The number of thiocarbonyl (C=S) groups is 1. The number of thioether (sulfide) groups is 1. The minimum absolute atomic E-state index is 0.0380. The van der Waals surface area contributed by atoms with Gasteiger partial charge in [-0.25, -0.2) is 21.5 Å². The average Bonchev–Trinajstić information content (AvgIpc) is 3.63. The molecule has 1 amide bonds. The number of benzene rings is 2. The summed E-state index contributed by atoms with van der Waals surface area (Å²) in [4.78, 5) is 15.5. The normalized spacial score (nSPS) is 25.6. The van der Waals surface area contributed by atoms with E-state index in [9.17, 15) is 21.6 Å². The molecule has 0 N–H and O–H groups in total. The van der Waals surface area contributed by atoms with Gasteiger partial charge in [0.1, 0.15) is 10.0 Å². The SMILES string of the molecule is CC1CC(C)CN(S(=O)(=O)c2cccc(-c3nn(-c4ccccc4)cc3/C=C3\SC(=S)N(C4CCS(=O)(=O)C4)C3=O)c2)C1. The Morgan fingerprint density at radius 1 is 1.05 bits per heavy atom. The van der Waals surface area contributed by atoms with Crippen LogP contribution in [0.4, 0.5) is 0 Å². The Kier molecular flexibility index (Phi) is 8.14. The number of sulfone groups is 1. The molecule has 0 bridgehead atoms. The lowest BCUT2D eigenvalue weighted by molar-refractivity contribution is -0.123. The highest BCUT2D eigenvalue weighted by Crippen LogP contribution is 2.38. The van der Waals surface area contributed by atoms with Crippen molar-refractivity contribution in [2.75, 3.05) is 24.6 Å². The fourth-order valence-electron chi connectivity index (χ4n) is 6.10. The van der Waals surface area contributed by atoms with Gasteiger partial charge in [0.15, 0.2) is 9.84 Å². The molecule has 3 aliphatic heterocycles. The van der Waals surface area contributed by atoms with E-state index in [1.165, 1.54) is 4.90 Å². The van der Waals surface area contributed by atoms with Crippen LogP contribution in [0, 0.1) is 11.8 Å². The molecule has 4 heterocycles. The summed E-state index contributed by atoms with van der Waals surface area (Å²) in [6, 6.07) is 15.8. The molecule has 3 fully saturated rings. The van der Waals surface area contributed by atoms with E-state index in [0.29, 0.717) is 45.6 Å². The number of nitrogens with zero attached hydrogens (tertiary/aromatic N) is 4.